The van der Waals surface area contributed by atoms with Gasteiger partial charge in [-0.25, -0.2) is 9.89 Å². The van der Waals surface area contributed by atoms with Gasteiger partial charge in [-0.1, -0.05) is 30.3 Å². The van der Waals surface area contributed by atoms with Crippen molar-refractivity contribution in [1.29, 1.82) is 0 Å². The Balaban J connectivity index is 1.63. The lowest BCUT2D eigenvalue weighted by molar-refractivity contribution is -0.384. The Kier molecular flexibility index (Phi) is 5.23. The lowest BCUT2D eigenvalue weighted by Gasteiger charge is -2.13. The van der Waals surface area contributed by atoms with Gasteiger partial charge in [0.05, 0.1) is 16.2 Å². The minimum Gasteiger partial charge on any atom is -0.280 e. The molecule has 0 saturated carbocycles. The molecule has 31 heavy (non-hydrogen) atoms. The summed E-state index contributed by atoms with van der Waals surface area (Å²) in [5.41, 5.74) is 3.08. The minimum absolute atomic E-state index is 0.00800. The number of amidine groups is 1. The van der Waals surface area contributed by atoms with Crippen LogP contribution in [0.5, 0.6) is 0 Å². The van der Waals surface area contributed by atoms with Crippen LogP contribution in [0.2, 0.25) is 0 Å². The second-order valence-electron chi connectivity index (χ2n) is 6.86. The number of carbonyl (C=O) groups excluding carboxylic acids is 1. The van der Waals surface area contributed by atoms with E-state index >= 15 is 0 Å². The van der Waals surface area contributed by atoms with Crippen molar-refractivity contribution in [3.05, 3.63) is 87.2 Å². The molecule has 9 heteroatoms. The van der Waals surface area contributed by atoms with Crippen LogP contribution in [0.25, 0.3) is 6.08 Å². The third-order valence-corrected chi connectivity index (χ3v) is 4.72. The van der Waals surface area contributed by atoms with Gasteiger partial charge in [-0.15, -0.1) is 0 Å². The van der Waals surface area contributed by atoms with Gasteiger partial charge in [0.25, 0.3) is 11.6 Å². The fraction of sp³-hybridized carbons (Fsp3) is 0.0909. The van der Waals surface area contributed by atoms with Crippen molar-refractivity contribution < 1.29 is 9.72 Å². The van der Waals surface area contributed by atoms with E-state index in [0.717, 1.165) is 11.3 Å². The SMILES string of the molecule is CC1=N/C(=C/c2ccccc2)C(=O)N1c1n[nH]c(C)c1C=Nc1ccc([N+](=O)[O-])cc1. The summed E-state index contributed by atoms with van der Waals surface area (Å²) in [7, 11) is 0. The highest BCUT2D eigenvalue weighted by Gasteiger charge is 2.32. The molecule has 1 N–H and O–H groups in total. The molecule has 0 atom stereocenters. The van der Waals surface area contributed by atoms with Gasteiger partial charge in [0.2, 0.25) is 0 Å². The Morgan fingerprint density at radius 2 is 1.81 bits per heavy atom. The maximum atomic E-state index is 13.0. The van der Waals surface area contributed by atoms with Crippen molar-refractivity contribution in [2.45, 2.75) is 13.8 Å². The second-order valence-corrected chi connectivity index (χ2v) is 6.86. The number of amides is 1. The summed E-state index contributed by atoms with van der Waals surface area (Å²) in [6.45, 7) is 3.56. The van der Waals surface area contributed by atoms with E-state index in [1.807, 2.05) is 37.3 Å². The molecule has 1 amide bonds. The van der Waals surface area contributed by atoms with E-state index in [0.29, 0.717) is 28.6 Å². The van der Waals surface area contributed by atoms with E-state index in [-0.39, 0.29) is 11.6 Å². The van der Waals surface area contributed by atoms with Crippen molar-refractivity contribution in [1.82, 2.24) is 10.2 Å². The molecule has 3 aromatic rings. The molecule has 0 spiro atoms. The van der Waals surface area contributed by atoms with E-state index in [2.05, 4.69) is 20.2 Å². The third kappa shape index (κ3) is 4.01. The number of aliphatic imine (C=N–C) groups is 2. The van der Waals surface area contributed by atoms with E-state index in [1.165, 1.54) is 17.0 Å². The van der Waals surface area contributed by atoms with Crippen molar-refractivity contribution in [2.24, 2.45) is 9.98 Å². The van der Waals surface area contributed by atoms with Crippen LogP contribution < -0.4 is 4.90 Å². The Hall–Kier alpha value is -4.40. The molecule has 0 fully saturated rings. The molecule has 2 heterocycles. The highest BCUT2D eigenvalue weighted by atomic mass is 16.6. The Morgan fingerprint density at radius 1 is 1.10 bits per heavy atom. The zero-order valence-corrected chi connectivity index (χ0v) is 16.8. The van der Waals surface area contributed by atoms with Crippen molar-refractivity contribution in [3.63, 3.8) is 0 Å². The molecule has 0 radical (unpaired) electrons. The number of aromatic nitrogens is 2. The van der Waals surface area contributed by atoms with Crippen LogP contribution in [0.15, 0.2) is 70.3 Å². The molecule has 154 valence electrons. The molecule has 0 unspecified atom stereocenters. The normalized spacial score (nSPS) is 15.2. The highest BCUT2D eigenvalue weighted by Crippen LogP contribution is 2.27. The summed E-state index contributed by atoms with van der Waals surface area (Å²) in [6.07, 6.45) is 3.31. The number of anilines is 1. The van der Waals surface area contributed by atoms with Crippen LogP contribution in [0.4, 0.5) is 17.2 Å². The minimum atomic E-state index is -0.465. The van der Waals surface area contributed by atoms with E-state index in [4.69, 9.17) is 0 Å². The zero-order chi connectivity index (χ0) is 22.0. The van der Waals surface area contributed by atoms with Crippen LogP contribution in [0.1, 0.15) is 23.7 Å². The molecule has 1 aromatic heterocycles. The lowest BCUT2D eigenvalue weighted by Crippen LogP contribution is -2.31. The smallest absolute Gasteiger partial charge is 0.280 e. The summed E-state index contributed by atoms with van der Waals surface area (Å²) in [5.74, 6) is 0.618. The fourth-order valence-corrected chi connectivity index (χ4v) is 3.13. The van der Waals surface area contributed by atoms with E-state index < -0.39 is 4.92 Å². The average Bonchev–Trinajstić information content (AvgIpc) is 3.25. The molecule has 0 aliphatic carbocycles. The number of aryl methyl sites for hydroxylation is 1. The number of carbonyl (C=O) groups is 1. The number of nitro benzene ring substituents is 1. The maximum Gasteiger partial charge on any atom is 0.283 e. The van der Waals surface area contributed by atoms with Crippen molar-refractivity contribution in [3.8, 4) is 0 Å². The standard InChI is InChI=1S/C22H18N6O3/c1-14-19(13-23-17-8-10-18(11-9-17)28(30)31)21(26-25-14)27-15(2)24-20(22(27)29)12-16-6-4-3-5-7-16/h3-13H,1-2H3,(H,25,26)/b20-12+,23-13?. The van der Waals surface area contributed by atoms with Crippen molar-refractivity contribution >= 4 is 41.2 Å². The molecule has 2 aromatic carbocycles. The predicted molar refractivity (Wildman–Crippen MR) is 119 cm³/mol. The highest BCUT2D eigenvalue weighted by molar-refractivity contribution is 6.28. The average molecular weight is 414 g/mol. The lowest BCUT2D eigenvalue weighted by atomic mass is 10.2. The summed E-state index contributed by atoms with van der Waals surface area (Å²) in [6, 6.07) is 15.4. The molecule has 1 aliphatic rings. The summed E-state index contributed by atoms with van der Waals surface area (Å²) >= 11 is 0. The number of hydrogen-bond acceptors (Lipinski definition) is 6. The molecule has 1 aliphatic heterocycles. The van der Waals surface area contributed by atoms with Crippen LogP contribution in [0.3, 0.4) is 0 Å². The number of aromatic amines is 1. The molecule has 0 saturated heterocycles. The van der Waals surface area contributed by atoms with Gasteiger partial charge in [0.15, 0.2) is 5.82 Å². The Labute approximate surface area is 177 Å². The number of non-ortho nitro benzene ring substituents is 1. The number of hydrogen-bond donors (Lipinski definition) is 1. The van der Waals surface area contributed by atoms with Crippen molar-refractivity contribution in [2.75, 3.05) is 4.90 Å². The first-order valence-electron chi connectivity index (χ1n) is 9.44. The summed E-state index contributed by atoms with van der Waals surface area (Å²) < 4.78 is 0. The van der Waals surface area contributed by atoms with Crippen LogP contribution in [0, 0.1) is 17.0 Å². The molecule has 4 rings (SSSR count). The molecule has 9 nitrogen and oxygen atoms in total. The van der Waals surface area contributed by atoms with Gasteiger partial charge in [0, 0.05) is 24.0 Å². The van der Waals surface area contributed by atoms with Crippen LogP contribution in [-0.2, 0) is 4.79 Å². The molecular formula is C22H18N6O3. The zero-order valence-electron chi connectivity index (χ0n) is 16.8. The quantitative estimate of drug-likeness (QED) is 0.292. The number of H-pyrrole nitrogens is 1. The van der Waals surface area contributed by atoms with Gasteiger partial charge in [-0.3, -0.25) is 25.0 Å². The maximum absolute atomic E-state index is 13.0. The van der Waals surface area contributed by atoms with Gasteiger partial charge >= 0.3 is 0 Å². The van der Waals surface area contributed by atoms with Gasteiger partial charge in [-0.05, 0) is 37.6 Å². The monoisotopic (exact) mass is 414 g/mol. The fourth-order valence-electron chi connectivity index (χ4n) is 3.13. The first-order valence-corrected chi connectivity index (χ1v) is 9.44. The first-order chi connectivity index (χ1) is 14.9. The van der Waals surface area contributed by atoms with Crippen LogP contribution in [-0.4, -0.2) is 33.1 Å². The van der Waals surface area contributed by atoms with Crippen LogP contribution >= 0.6 is 0 Å². The largest absolute Gasteiger partial charge is 0.283 e. The Bertz CT molecular complexity index is 1240. The number of nitrogens with zero attached hydrogens (tertiary/aromatic N) is 5. The number of rotatable bonds is 5. The van der Waals surface area contributed by atoms with E-state index in [1.54, 1.807) is 31.3 Å². The van der Waals surface area contributed by atoms with Gasteiger partial charge < -0.3 is 0 Å². The molecular weight excluding hydrogens is 396 g/mol. The number of nitrogens with one attached hydrogen (secondary N) is 1. The molecule has 0 bridgehead atoms. The van der Waals surface area contributed by atoms with E-state index in [9.17, 15) is 14.9 Å². The third-order valence-electron chi connectivity index (χ3n) is 4.72. The topological polar surface area (TPSA) is 117 Å². The number of nitro groups is 1. The summed E-state index contributed by atoms with van der Waals surface area (Å²) in [4.78, 5) is 33.6. The predicted octanol–water partition coefficient (Wildman–Crippen LogP) is 4.18. The number of benzene rings is 2. The van der Waals surface area contributed by atoms with Gasteiger partial charge in [-0.2, -0.15) is 5.10 Å². The Morgan fingerprint density at radius 3 is 2.48 bits per heavy atom. The first kappa shape index (κ1) is 19.9. The summed E-state index contributed by atoms with van der Waals surface area (Å²) in [5, 5.41) is 18.0. The van der Waals surface area contributed by atoms with Gasteiger partial charge in [0.1, 0.15) is 11.5 Å². The second kappa shape index (κ2) is 8.15.